The molecule has 27 heteroatoms. The summed E-state index contributed by atoms with van der Waals surface area (Å²) in [5.41, 5.74) is 17.5. The number of rotatable bonds is 13. The highest BCUT2D eigenvalue weighted by molar-refractivity contribution is 7.91. The number of anilines is 6. The number of aromatic nitrogens is 4. The normalized spacial score (nSPS) is 24.1. The molecule has 4 unspecified atom stereocenters. The number of ether oxygens (including phenoxy) is 1. The van der Waals surface area contributed by atoms with Gasteiger partial charge in [-0.05, 0) is 146 Å². The van der Waals surface area contributed by atoms with Crippen molar-refractivity contribution in [2.75, 3.05) is 59.1 Å². The number of hydrogen-bond donors (Lipinski definition) is 8. The zero-order chi connectivity index (χ0) is 59.3. The van der Waals surface area contributed by atoms with Crippen LogP contribution in [0.15, 0.2) is 70.7 Å². The van der Waals surface area contributed by atoms with Gasteiger partial charge in [0, 0.05) is 92.2 Å². The molecule has 0 radical (unpaired) electrons. The number of piperidine rings is 4. The molecule has 82 heavy (non-hydrogen) atoms. The lowest BCUT2D eigenvalue weighted by atomic mass is 9.91. The Hall–Kier alpha value is -7.23. The second-order valence-corrected chi connectivity index (χ2v) is 27.2. The Morgan fingerprint density at radius 2 is 1.12 bits per heavy atom. The number of fused-ring (bicyclic) bond motifs is 4. The number of sulfone groups is 2. The van der Waals surface area contributed by atoms with E-state index in [9.17, 15) is 40.8 Å². The van der Waals surface area contributed by atoms with E-state index in [1.54, 1.807) is 29.2 Å². The quantitative estimate of drug-likeness (QED) is 0.0928. The number of aliphatic carboxylic acids is 1. The summed E-state index contributed by atoms with van der Waals surface area (Å²) in [5, 5.41) is 22.0. The maximum absolute atomic E-state index is 13.0. The van der Waals surface area contributed by atoms with Crippen LogP contribution in [0.4, 0.5) is 39.4 Å². The first-order valence-electron chi connectivity index (χ1n) is 27.7. The molecule has 8 heterocycles. The van der Waals surface area contributed by atoms with Crippen molar-refractivity contribution in [3.8, 4) is 0 Å². The Bertz CT molecular complexity index is 3190. The van der Waals surface area contributed by atoms with Crippen LogP contribution < -0.4 is 48.3 Å². The number of carbonyl (C=O) groups is 5. The highest BCUT2D eigenvalue weighted by Crippen LogP contribution is 2.40. The van der Waals surface area contributed by atoms with E-state index in [4.69, 9.17) is 27.0 Å². The SMILES string of the molecule is CC(C)(C)OC(=O)N1C2CCC1CC(C(=O)O)C2.CS(=O)(=O)c1ccc(Nc2nc(N3CCC[C@@H](N)C3)cnc2C(N)=O)cc1.CS(=O)(=O)c1ccc(Nc2nc(N3CCC[C@@H](NC(=O)C4CC5CCC(C4)N5)C3)cnc2C(N)=O)cc1. The lowest BCUT2D eigenvalue weighted by Gasteiger charge is -2.38. The van der Waals surface area contributed by atoms with Gasteiger partial charge in [0.1, 0.15) is 17.2 Å². The van der Waals surface area contributed by atoms with Crippen molar-refractivity contribution < 1.29 is 50.7 Å². The Morgan fingerprint density at radius 3 is 1.55 bits per heavy atom. The Labute approximate surface area is 478 Å². The second kappa shape index (κ2) is 25.5. The maximum Gasteiger partial charge on any atom is 0.410 e. The standard InChI is InChI=1S/C25H33N7O4S.C17H22N6O3S.C13H21NO4/c1-37(35,36)20-8-6-16(7-9-20)29-24-22(23(26)33)27-13-21(31-24)32-10-2-3-19(14-32)30-25(34)15-11-17-4-5-18(12-15)28-17;1-27(25,26)13-6-4-12(5-7-13)21-17-15(16(19)24)20-9-14(22-17)23-8-2-3-11(18)10-23;1-13(2,3)18-12(17)14-9-4-5-10(14)7-8(6-9)11(15)16/h6-9,13,15,17-19,28H,2-5,10-12,14H2,1H3,(H2,26,33)(H,29,31)(H,30,34);4-7,9,11H,2-3,8,10,18H2,1H3,(H2,19,24)(H,21,22);8-10H,4-7H2,1-3H3,(H,15,16)/t15?,17?,18?,19-;11-;/m11./s1. The minimum Gasteiger partial charge on any atom is -0.481 e. The number of benzene rings is 2. The first-order chi connectivity index (χ1) is 38.7. The fourth-order valence-electron chi connectivity index (χ4n) is 11.5. The van der Waals surface area contributed by atoms with Crippen LogP contribution >= 0.6 is 0 Å². The average Bonchev–Trinajstić information content (AvgIpc) is 4.00. The summed E-state index contributed by atoms with van der Waals surface area (Å²) in [6.45, 7) is 8.34. The third kappa shape index (κ3) is 15.9. The van der Waals surface area contributed by atoms with Crippen molar-refractivity contribution >= 4 is 84.1 Å². The van der Waals surface area contributed by atoms with E-state index in [1.165, 1.54) is 36.7 Å². The van der Waals surface area contributed by atoms with E-state index in [2.05, 4.69) is 46.1 Å². The molecule has 10 rings (SSSR count). The van der Waals surface area contributed by atoms with E-state index in [0.717, 1.165) is 89.8 Å². The zero-order valence-corrected chi connectivity index (χ0v) is 48.5. The van der Waals surface area contributed by atoms with Gasteiger partial charge in [-0.15, -0.1) is 0 Å². The van der Waals surface area contributed by atoms with Crippen LogP contribution in [0.2, 0.25) is 0 Å². The molecule has 6 saturated heterocycles. The fraction of sp³-hybridized carbons (Fsp3) is 0.545. The summed E-state index contributed by atoms with van der Waals surface area (Å²) in [6, 6.07) is 13.3. The number of nitrogens with one attached hydrogen (secondary N) is 4. The minimum absolute atomic E-state index is 0.00588. The third-order valence-electron chi connectivity index (χ3n) is 15.5. The van der Waals surface area contributed by atoms with Crippen molar-refractivity contribution in [2.24, 2.45) is 29.0 Å². The molecule has 4 amide bonds. The van der Waals surface area contributed by atoms with Crippen LogP contribution in [-0.4, -0.2) is 157 Å². The minimum atomic E-state index is -3.33. The molecule has 25 nitrogen and oxygen atoms in total. The molecule has 4 aromatic rings. The van der Waals surface area contributed by atoms with Crippen LogP contribution in [-0.2, 0) is 34.0 Å². The second-order valence-electron chi connectivity index (χ2n) is 23.1. The van der Waals surface area contributed by atoms with Crippen molar-refractivity contribution in [3.63, 3.8) is 0 Å². The highest BCUT2D eigenvalue weighted by Gasteiger charge is 2.47. The van der Waals surface area contributed by atoms with Crippen LogP contribution in [0.1, 0.15) is 119 Å². The van der Waals surface area contributed by atoms with Crippen LogP contribution in [0.5, 0.6) is 0 Å². The van der Waals surface area contributed by atoms with Crippen molar-refractivity contribution in [1.82, 2.24) is 35.5 Å². The van der Waals surface area contributed by atoms with Crippen molar-refractivity contribution in [1.29, 1.82) is 0 Å². The number of carboxylic acids is 1. The molecule has 4 bridgehead atoms. The molecular formula is C55H76N14O11S2. The molecule has 6 atom stereocenters. The van der Waals surface area contributed by atoms with Crippen molar-refractivity contribution in [3.05, 3.63) is 72.3 Å². The van der Waals surface area contributed by atoms with E-state index >= 15 is 0 Å². The lowest BCUT2D eigenvalue weighted by Crippen LogP contribution is -2.51. The third-order valence-corrected chi connectivity index (χ3v) is 17.7. The first-order valence-corrected chi connectivity index (χ1v) is 31.5. The van der Waals surface area contributed by atoms with Gasteiger partial charge in [0.25, 0.3) is 11.8 Å². The van der Waals surface area contributed by atoms with Gasteiger partial charge < -0.3 is 63.0 Å². The summed E-state index contributed by atoms with van der Waals surface area (Å²) in [5.74, 6) is -0.705. The van der Waals surface area contributed by atoms with Gasteiger partial charge in [0.15, 0.2) is 42.7 Å². The first kappa shape index (κ1) is 60.9. The predicted octanol–water partition coefficient (Wildman–Crippen LogP) is 4.24. The highest BCUT2D eigenvalue weighted by atomic mass is 32.2. The Morgan fingerprint density at radius 1 is 0.659 bits per heavy atom. The van der Waals surface area contributed by atoms with Crippen LogP contribution in [0.3, 0.4) is 0 Å². The summed E-state index contributed by atoms with van der Waals surface area (Å²) in [7, 11) is -6.62. The number of amides is 4. The number of nitrogens with zero attached hydrogens (tertiary/aromatic N) is 7. The summed E-state index contributed by atoms with van der Waals surface area (Å²) in [6.07, 6.45) is 15.7. The molecule has 6 fully saturated rings. The van der Waals surface area contributed by atoms with Gasteiger partial charge >= 0.3 is 12.1 Å². The van der Waals surface area contributed by atoms with Crippen LogP contribution in [0, 0.1) is 11.8 Å². The van der Waals surface area contributed by atoms with E-state index in [0.29, 0.717) is 61.0 Å². The number of nitrogens with two attached hydrogens (primary N) is 3. The van der Waals surface area contributed by atoms with E-state index in [-0.39, 0.29) is 80.8 Å². The summed E-state index contributed by atoms with van der Waals surface area (Å²) >= 11 is 0. The number of carbonyl (C=O) groups excluding carboxylic acids is 4. The molecule has 2 aromatic carbocycles. The maximum atomic E-state index is 13.0. The predicted molar refractivity (Wildman–Crippen MR) is 307 cm³/mol. The van der Waals surface area contributed by atoms with Gasteiger partial charge in [0.05, 0.1) is 28.1 Å². The zero-order valence-electron chi connectivity index (χ0n) is 46.9. The monoisotopic (exact) mass is 1170 g/mol. The summed E-state index contributed by atoms with van der Waals surface area (Å²) in [4.78, 5) is 83.6. The topological polar surface area (TPSA) is 371 Å². The number of carboxylic acid groups (broad SMARTS) is 1. The van der Waals surface area contributed by atoms with E-state index in [1.807, 2.05) is 25.7 Å². The van der Waals surface area contributed by atoms with Crippen LogP contribution in [0.25, 0.3) is 0 Å². The Kier molecular flexibility index (Phi) is 18.9. The van der Waals surface area contributed by atoms with Gasteiger partial charge in [-0.3, -0.25) is 19.2 Å². The van der Waals surface area contributed by atoms with Gasteiger partial charge in [-0.2, -0.15) is 0 Å². The molecule has 2 aromatic heterocycles. The van der Waals surface area contributed by atoms with E-state index < -0.39 is 43.1 Å². The average molecular weight is 1170 g/mol. The van der Waals surface area contributed by atoms with Gasteiger partial charge in [-0.25, -0.2) is 41.6 Å². The molecule has 6 aliphatic heterocycles. The van der Waals surface area contributed by atoms with Gasteiger partial charge in [-0.1, -0.05) is 0 Å². The fourth-order valence-corrected chi connectivity index (χ4v) is 12.8. The lowest BCUT2D eigenvalue weighted by molar-refractivity contribution is -0.144. The van der Waals surface area contributed by atoms with Crippen molar-refractivity contribution in [2.45, 2.75) is 149 Å². The number of hydrogen-bond acceptors (Lipinski definition) is 20. The summed E-state index contributed by atoms with van der Waals surface area (Å²) < 4.78 is 52.0. The molecule has 0 saturated carbocycles. The largest absolute Gasteiger partial charge is 0.481 e. The molecular weight excluding hydrogens is 1100 g/mol. The smallest absolute Gasteiger partial charge is 0.410 e. The van der Waals surface area contributed by atoms with Gasteiger partial charge in [0.2, 0.25) is 5.91 Å². The molecule has 11 N–H and O–H groups in total. The molecule has 0 spiro atoms. The Balaban J connectivity index is 0.000000172. The molecule has 6 aliphatic rings. The number of primary amides is 2. The molecule has 0 aliphatic carbocycles. The molecule has 444 valence electrons.